The van der Waals surface area contributed by atoms with Gasteiger partial charge in [0.05, 0.1) is 25.7 Å². The van der Waals surface area contributed by atoms with Crippen LogP contribution in [0.3, 0.4) is 0 Å². The molecule has 10 heteroatoms. The van der Waals surface area contributed by atoms with E-state index in [4.69, 9.17) is 9.47 Å². The number of thioether (sulfide) groups is 1. The van der Waals surface area contributed by atoms with Crippen molar-refractivity contribution in [3.63, 3.8) is 0 Å². The number of carbonyl (C=O) groups is 1. The van der Waals surface area contributed by atoms with E-state index in [1.54, 1.807) is 14.2 Å². The van der Waals surface area contributed by atoms with E-state index < -0.39 is 0 Å². The summed E-state index contributed by atoms with van der Waals surface area (Å²) in [4.78, 5) is 16.6. The fourth-order valence-corrected chi connectivity index (χ4v) is 4.43. The molecule has 0 fully saturated rings. The van der Waals surface area contributed by atoms with Crippen molar-refractivity contribution in [2.45, 2.75) is 11.3 Å². The van der Waals surface area contributed by atoms with Crippen LogP contribution in [0.25, 0.3) is 11.3 Å². The van der Waals surface area contributed by atoms with Crippen molar-refractivity contribution in [1.29, 1.82) is 0 Å². The second-order valence-electron chi connectivity index (χ2n) is 5.03. The zero-order valence-corrected chi connectivity index (χ0v) is 16.8. The molecular formula is C16H16N4O3S3. The van der Waals surface area contributed by atoms with Gasteiger partial charge in [-0.15, -0.1) is 21.5 Å². The predicted octanol–water partition coefficient (Wildman–Crippen LogP) is 3.72. The van der Waals surface area contributed by atoms with E-state index in [0.29, 0.717) is 22.3 Å². The molecule has 0 unspecified atom stereocenters. The normalized spacial score (nSPS) is 10.6. The van der Waals surface area contributed by atoms with Crippen molar-refractivity contribution in [1.82, 2.24) is 15.2 Å². The summed E-state index contributed by atoms with van der Waals surface area (Å²) in [6.07, 6.45) is 0. The molecule has 0 aliphatic carbocycles. The number of benzene rings is 1. The second-order valence-corrected chi connectivity index (χ2v) is 8.29. The average Bonchev–Trinajstić information content (AvgIpc) is 3.28. The highest BCUT2D eigenvalue weighted by molar-refractivity contribution is 8.01. The summed E-state index contributed by atoms with van der Waals surface area (Å²) in [5.41, 5.74) is 1.52. The monoisotopic (exact) mass is 408 g/mol. The van der Waals surface area contributed by atoms with E-state index in [9.17, 15) is 4.79 Å². The number of anilines is 1. The zero-order valence-electron chi connectivity index (χ0n) is 14.3. The highest BCUT2D eigenvalue weighted by Crippen LogP contribution is 2.35. The highest BCUT2D eigenvalue weighted by atomic mass is 32.2. The standard InChI is InChI=1S/C16H16N4O3S3/c1-9-19-20-16(26-9)25-8-14(21)18-15-17-12(7-24-15)11-6-10(22-2)4-5-13(11)23-3/h4-7H,8H2,1-3H3,(H,17,18,21). The van der Waals surface area contributed by atoms with Gasteiger partial charge in [-0.25, -0.2) is 4.98 Å². The molecule has 0 radical (unpaired) electrons. The van der Waals surface area contributed by atoms with Crippen LogP contribution in [0.5, 0.6) is 11.5 Å². The summed E-state index contributed by atoms with van der Waals surface area (Å²) < 4.78 is 11.4. The van der Waals surface area contributed by atoms with Gasteiger partial charge >= 0.3 is 0 Å². The van der Waals surface area contributed by atoms with E-state index >= 15 is 0 Å². The maximum atomic E-state index is 12.1. The van der Waals surface area contributed by atoms with Gasteiger partial charge in [0.15, 0.2) is 9.47 Å². The predicted molar refractivity (Wildman–Crippen MR) is 105 cm³/mol. The Hall–Kier alpha value is -2.17. The number of ether oxygens (including phenoxy) is 2. The number of nitrogens with zero attached hydrogens (tertiary/aromatic N) is 3. The molecule has 3 rings (SSSR count). The first-order valence-electron chi connectivity index (χ1n) is 7.49. The van der Waals surface area contributed by atoms with Crippen molar-refractivity contribution >= 4 is 45.5 Å². The van der Waals surface area contributed by atoms with Crippen LogP contribution in [0, 0.1) is 6.92 Å². The minimum absolute atomic E-state index is 0.138. The Kier molecular flexibility index (Phi) is 6.07. The molecule has 3 aromatic rings. The average molecular weight is 409 g/mol. The van der Waals surface area contributed by atoms with Crippen molar-refractivity contribution in [3.8, 4) is 22.8 Å². The smallest absolute Gasteiger partial charge is 0.236 e. The number of thiazole rings is 1. The summed E-state index contributed by atoms with van der Waals surface area (Å²) in [6, 6.07) is 5.50. The van der Waals surface area contributed by atoms with Crippen LogP contribution in [-0.4, -0.2) is 41.1 Å². The number of rotatable bonds is 7. The van der Waals surface area contributed by atoms with Gasteiger partial charge in [0.2, 0.25) is 5.91 Å². The number of aromatic nitrogens is 3. The molecule has 1 N–H and O–H groups in total. The Balaban J connectivity index is 1.67. The molecule has 0 spiro atoms. The molecule has 0 aliphatic rings. The Bertz CT molecular complexity index is 910. The number of nitrogens with one attached hydrogen (secondary N) is 1. The first-order chi connectivity index (χ1) is 12.6. The van der Waals surface area contributed by atoms with Crippen molar-refractivity contribution in [3.05, 3.63) is 28.6 Å². The molecule has 2 aromatic heterocycles. The van der Waals surface area contributed by atoms with Crippen LogP contribution in [-0.2, 0) is 4.79 Å². The Morgan fingerprint density at radius 1 is 1.27 bits per heavy atom. The first kappa shape index (κ1) is 18.6. The lowest BCUT2D eigenvalue weighted by Crippen LogP contribution is -2.13. The van der Waals surface area contributed by atoms with Gasteiger partial charge in [-0.2, -0.15) is 0 Å². The van der Waals surface area contributed by atoms with Crippen molar-refractivity contribution in [2.75, 3.05) is 25.3 Å². The maximum Gasteiger partial charge on any atom is 0.236 e. The third-order valence-electron chi connectivity index (χ3n) is 3.27. The Morgan fingerprint density at radius 2 is 2.12 bits per heavy atom. The Labute approximate surface area is 162 Å². The summed E-state index contributed by atoms with van der Waals surface area (Å²) in [7, 11) is 3.21. The van der Waals surface area contributed by atoms with E-state index in [0.717, 1.165) is 14.9 Å². The number of carbonyl (C=O) groups excluding carboxylic acids is 1. The summed E-state index contributed by atoms with van der Waals surface area (Å²) in [6.45, 7) is 1.88. The fourth-order valence-electron chi connectivity index (χ4n) is 2.09. The van der Waals surface area contributed by atoms with Crippen LogP contribution >= 0.6 is 34.4 Å². The molecule has 0 aliphatic heterocycles. The topological polar surface area (TPSA) is 86.2 Å². The zero-order chi connectivity index (χ0) is 18.5. The van der Waals surface area contributed by atoms with Crippen LogP contribution in [0.1, 0.15) is 5.01 Å². The third kappa shape index (κ3) is 4.51. The van der Waals surface area contributed by atoms with Crippen LogP contribution < -0.4 is 14.8 Å². The molecular weight excluding hydrogens is 392 g/mol. The molecule has 0 bridgehead atoms. The molecule has 1 aromatic carbocycles. The quantitative estimate of drug-likeness (QED) is 0.596. The van der Waals surface area contributed by atoms with E-state index in [2.05, 4.69) is 20.5 Å². The molecule has 136 valence electrons. The van der Waals surface area contributed by atoms with Gasteiger partial charge in [0.25, 0.3) is 0 Å². The maximum absolute atomic E-state index is 12.1. The SMILES string of the molecule is COc1ccc(OC)c(-c2csc(NC(=O)CSc3nnc(C)s3)n2)c1. The van der Waals surface area contributed by atoms with Crippen molar-refractivity contribution in [2.24, 2.45) is 0 Å². The van der Waals surface area contributed by atoms with Gasteiger partial charge in [-0.05, 0) is 25.1 Å². The number of methoxy groups -OCH3 is 2. The number of aryl methyl sites for hydroxylation is 1. The number of hydrogen-bond acceptors (Lipinski definition) is 9. The molecule has 0 atom stereocenters. The Morgan fingerprint density at radius 3 is 2.81 bits per heavy atom. The lowest BCUT2D eigenvalue weighted by molar-refractivity contribution is -0.113. The van der Waals surface area contributed by atoms with Crippen molar-refractivity contribution < 1.29 is 14.3 Å². The third-order valence-corrected chi connectivity index (χ3v) is 6.00. The molecule has 7 nitrogen and oxygen atoms in total. The summed E-state index contributed by atoms with van der Waals surface area (Å²) in [5, 5.41) is 14.0. The minimum Gasteiger partial charge on any atom is -0.497 e. The molecule has 0 saturated heterocycles. The largest absolute Gasteiger partial charge is 0.497 e. The lowest BCUT2D eigenvalue weighted by atomic mass is 10.1. The van der Waals surface area contributed by atoms with Crippen LogP contribution in [0.15, 0.2) is 27.9 Å². The molecule has 1 amide bonds. The minimum atomic E-state index is -0.138. The summed E-state index contributed by atoms with van der Waals surface area (Å²) >= 11 is 4.18. The fraction of sp³-hybridized carbons (Fsp3) is 0.250. The molecule has 26 heavy (non-hydrogen) atoms. The first-order valence-corrected chi connectivity index (χ1v) is 10.2. The van der Waals surface area contributed by atoms with E-state index in [1.165, 1.54) is 34.4 Å². The highest BCUT2D eigenvalue weighted by Gasteiger charge is 2.13. The lowest BCUT2D eigenvalue weighted by Gasteiger charge is -2.08. The van der Waals surface area contributed by atoms with Gasteiger partial charge in [0, 0.05) is 10.9 Å². The van der Waals surface area contributed by atoms with E-state index in [1.807, 2.05) is 30.5 Å². The van der Waals surface area contributed by atoms with Gasteiger partial charge < -0.3 is 14.8 Å². The number of amides is 1. The second kappa shape index (κ2) is 8.47. The number of hydrogen-bond donors (Lipinski definition) is 1. The summed E-state index contributed by atoms with van der Waals surface area (Å²) in [5.74, 6) is 1.52. The van der Waals surface area contributed by atoms with Crippen LogP contribution in [0.2, 0.25) is 0 Å². The van der Waals surface area contributed by atoms with Gasteiger partial charge in [-0.1, -0.05) is 23.1 Å². The van der Waals surface area contributed by atoms with Gasteiger partial charge in [-0.3, -0.25) is 4.79 Å². The molecule has 2 heterocycles. The van der Waals surface area contributed by atoms with Crippen LogP contribution in [0.4, 0.5) is 5.13 Å². The van der Waals surface area contributed by atoms with E-state index in [-0.39, 0.29) is 11.7 Å². The molecule has 0 saturated carbocycles. The van der Waals surface area contributed by atoms with Gasteiger partial charge in [0.1, 0.15) is 16.5 Å².